The van der Waals surface area contributed by atoms with Crippen molar-refractivity contribution >= 4 is 23.6 Å². The molecule has 2 rings (SSSR count). The molecule has 3 unspecified atom stereocenters. The third kappa shape index (κ3) is 2.76. The number of nitrogens with one attached hydrogen (secondary N) is 1. The van der Waals surface area contributed by atoms with Crippen LogP contribution in [0.25, 0.3) is 0 Å². The molecule has 17 heavy (non-hydrogen) atoms. The van der Waals surface area contributed by atoms with Gasteiger partial charge in [-0.1, -0.05) is 6.92 Å². The van der Waals surface area contributed by atoms with Crippen molar-refractivity contribution in [1.29, 1.82) is 0 Å². The van der Waals surface area contributed by atoms with E-state index in [-0.39, 0.29) is 30.4 Å². The molecule has 1 saturated heterocycles. The Bertz CT molecular complexity index is 322. The van der Waals surface area contributed by atoms with Gasteiger partial charge in [0.2, 0.25) is 11.8 Å². The lowest BCUT2D eigenvalue weighted by molar-refractivity contribution is -0.146. The third-order valence-corrected chi connectivity index (χ3v) is 4.78. The van der Waals surface area contributed by atoms with Gasteiger partial charge in [-0.25, -0.2) is 0 Å². The molecule has 1 saturated carbocycles. The van der Waals surface area contributed by atoms with E-state index in [4.69, 9.17) is 0 Å². The number of piperazine rings is 1. The smallest absolute Gasteiger partial charge is 0.245 e. The molecule has 2 amide bonds. The van der Waals surface area contributed by atoms with Crippen LogP contribution in [0, 0.1) is 0 Å². The number of thioether (sulfide) groups is 1. The minimum Gasteiger partial charge on any atom is -0.343 e. The SMILES string of the molecule is CCSC1CCC(N2CC(=O)NC(C)C2=O)C1. The molecule has 2 aliphatic rings. The van der Waals surface area contributed by atoms with Crippen LogP contribution in [0.4, 0.5) is 0 Å². The summed E-state index contributed by atoms with van der Waals surface area (Å²) in [6.07, 6.45) is 3.26. The predicted molar refractivity (Wildman–Crippen MR) is 68.9 cm³/mol. The third-order valence-electron chi connectivity index (χ3n) is 3.54. The molecule has 0 aromatic carbocycles. The molecule has 1 heterocycles. The van der Waals surface area contributed by atoms with Crippen LogP contribution in [-0.2, 0) is 9.59 Å². The van der Waals surface area contributed by atoms with Crippen molar-refractivity contribution in [1.82, 2.24) is 10.2 Å². The normalized spacial score (nSPS) is 34.0. The molecule has 4 nitrogen and oxygen atoms in total. The van der Waals surface area contributed by atoms with Crippen LogP contribution in [0.2, 0.25) is 0 Å². The number of nitrogens with zero attached hydrogens (tertiary/aromatic N) is 1. The van der Waals surface area contributed by atoms with E-state index in [2.05, 4.69) is 12.2 Å². The average Bonchev–Trinajstić information content (AvgIpc) is 2.72. The van der Waals surface area contributed by atoms with E-state index >= 15 is 0 Å². The summed E-state index contributed by atoms with van der Waals surface area (Å²) in [5.41, 5.74) is 0. The fourth-order valence-corrected chi connectivity index (χ4v) is 3.86. The van der Waals surface area contributed by atoms with Crippen LogP contribution < -0.4 is 5.32 Å². The fourth-order valence-electron chi connectivity index (χ4n) is 2.73. The van der Waals surface area contributed by atoms with Crippen molar-refractivity contribution in [3.63, 3.8) is 0 Å². The van der Waals surface area contributed by atoms with Gasteiger partial charge in [0.25, 0.3) is 0 Å². The molecule has 0 bridgehead atoms. The highest BCUT2D eigenvalue weighted by Gasteiger charge is 2.37. The molecule has 0 radical (unpaired) electrons. The Balaban J connectivity index is 1.97. The first kappa shape index (κ1) is 12.7. The molecule has 2 fully saturated rings. The van der Waals surface area contributed by atoms with Gasteiger partial charge in [-0.2, -0.15) is 11.8 Å². The number of hydrogen-bond acceptors (Lipinski definition) is 3. The minimum absolute atomic E-state index is 0.0244. The zero-order valence-electron chi connectivity index (χ0n) is 10.4. The monoisotopic (exact) mass is 256 g/mol. The zero-order chi connectivity index (χ0) is 12.4. The Labute approximate surface area is 106 Å². The fraction of sp³-hybridized carbons (Fsp3) is 0.833. The van der Waals surface area contributed by atoms with Crippen LogP contribution in [-0.4, -0.2) is 46.3 Å². The van der Waals surface area contributed by atoms with Crippen LogP contribution >= 0.6 is 11.8 Å². The predicted octanol–water partition coefficient (Wildman–Crippen LogP) is 1.01. The topological polar surface area (TPSA) is 49.4 Å². The van der Waals surface area contributed by atoms with Gasteiger partial charge in [0, 0.05) is 11.3 Å². The van der Waals surface area contributed by atoms with Crippen molar-refractivity contribution in [2.45, 2.75) is 50.4 Å². The second-order valence-corrected chi connectivity index (χ2v) is 6.38. The molecule has 96 valence electrons. The van der Waals surface area contributed by atoms with E-state index in [0.29, 0.717) is 5.25 Å². The Hall–Kier alpha value is -0.710. The van der Waals surface area contributed by atoms with E-state index in [9.17, 15) is 9.59 Å². The lowest BCUT2D eigenvalue weighted by atomic mass is 10.1. The Kier molecular flexibility index (Phi) is 3.97. The summed E-state index contributed by atoms with van der Waals surface area (Å²) in [6.45, 7) is 4.18. The highest BCUT2D eigenvalue weighted by atomic mass is 32.2. The van der Waals surface area contributed by atoms with Crippen LogP contribution in [0.15, 0.2) is 0 Å². The summed E-state index contributed by atoms with van der Waals surface area (Å²) in [6, 6.07) is -0.0748. The van der Waals surface area contributed by atoms with Gasteiger partial charge in [0.15, 0.2) is 0 Å². The number of carbonyl (C=O) groups is 2. The van der Waals surface area contributed by atoms with E-state index in [1.165, 1.54) is 6.42 Å². The maximum atomic E-state index is 12.0. The molecule has 0 spiro atoms. The summed E-state index contributed by atoms with van der Waals surface area (Å²) in [5, 5.41) is 3.35. The molecule has 0 aromatic rings. The molecule has 0 aromatic heterocycles. The quantitative estimate of drug-likeness (QED) is 0.820. The Morgan fingerprint density at radius 1 is 1.41 bits per heavy atom. The van der Waals surface area contributed by atoms with Crippen molar-refractivity contribution in [3.8, 4) is 0 Å². The number of amides is 2. The highest BCUT2D eigenvalue weighted by molar-refractivity contribution is 7.99. The largest absolute Gasteiger partial charge is 0.343 e. The van der Waals surface area contributed by atoms with Crippen molar-refractivity contribution in [3.05, 3.63) is 0 Å². The maximum absolute atomic E-state index is 12.0. The van der Waals surface area contributed by atoms with Gasteiger partial charge in [0.05, 0.1) is 6.54 Å². The first-order chi connectivity index (χ1) is 8.11. The molecular formula is C12H20N2O2S. The first-order valence-electron chi connectivity index (χ1n) is 6.33. The van der Waals surface area contributed by atoms with Crippen molar-refractivity contribution < 1.29 is 9.59 Å². The van der Waals surface area contributed by atoms with E-state index in [1.54, 1.807) is 11.8 Å². The second kappa shape index (κ2) is 5.29. The van der Waals surface area contributed by atoms with Crippen molar-refractivity contribution in [2.24, 2.45) is 0 Å². The van der Waals surface area contributed by atoms with Gasteiger partial charge < -0.3 is 10.2 Å². The standard InChI is InChI=1S/C12H20N2O2S/c1-3-17-10-5-4-9(6-10)14-7-11(15)13-8(2)12(14)16/h8-10H,3-7H2,1-2H3,(H,13,15). The van der Waals surface area contributed by atoms with Gasteiger partial charge >= 0.3 is 0 Å². The van der Waals surface area contributed by atoms with E-state index in [1.807, 2.05) is 11.8 Å². The van der Waals surface area contributed by atoms with E-state index < -0.39 is 0 Å². The van der Waals surface area contributed by atoms with Crippen LogP contribution in [0.1, 0.15) is 33.1 Å². The number of carbonyl (C=O) groups excluding carboxylic acids is 2. The van der Waals surface area contributed by atoms with Crippen LogP contribution in [0.5, 0.6) is 0 Å². The van der Waals surface area contributed by atoms with Gasteiger partial charge in [-0.05, 0) is 31.9 Å². The minimum atomic E-state index is -0.353. The summed E-state index contributed by atoms with van der Waals surface area (Å²) in [5.74, 6) is 1.18. The Morgan fingerprint density at radius 2 is 2.18 bits per heavy atom. The van der Waals surface area contributed by atoms with Gasteiger partial charge in [0.1, 0.15) is 6.04 Å². The summed E-state index contributed by atoms with van der Waals surface area (Å²) in [4.78, 5) is 25.3. The molecule has 1 N–H and O–H groups in total. The molecule has 1 aliphatic heterocycles. The van der Waals surface area contributed by atoms with Crippen LogP contribution in [0.3, 0.4) is 0 Å². The molecule has 5 heteroatoms. The lowest BCUT2D eigenvalue weighted by Crippen LogP contribution is -2.59. The van der Waals surface area contributed by atoms with Gasteiger partial charge in [-0.15, -0.1) is 0 Å². The highest BCUT2D eigenvalue weighted by Crippen LogP contribution is 2.33. The second-order valence-electron chi connectivity index (χ2n) is 4.80. The molecule has 3 atom stereocenters. The number of rotatable bonds is 3. The average molecular weight is 256 g/mol. The first-order valence-corrected chi connectivity index (χ1v) is 7.38. The summed E-state index contributed by atoms with van der Waals surface area (Å²) in [7, 11) is 0. The van der Waals surface area contributed by atoms with Crippen molar-refractivity contribution in [2.75, 3.05) is 12.3 Å². The molecular weight excluding hydrogens is 236 g/mol. The summed E-state index contributed by atoms with van der Waals surface area (Å²) < 4.78 is 0. The summed E-state index contributed by atoms with van der Waals surface area (Å²) >= 11 is 1.97. The molecule has 1 aliphatic carbocycles. The maximum Gasteiger partial charge on any atom is 0.245 e. The number of hydrogen-bond donors (Lipinski definition) is 1. The lowest BCUT2D eigenvalue weighted by Gasteiger charge is -2.35. The Morgan fingerprint density at radius 3 is 2.88 bits per heavy atom. The zero-order valence-corrected chi connectivity index (χ0v) is 11.3. The van der Waals surface area contributed by atoms with Gasteiger partial charge in [-0.3, -0.25) is 9.59 Å². The van der Waals surface area contributed by atoms with E-state index in [0.717, 1.165) is 18.6 Å².